The smallest absolute Gasteiger partial charge is 0.309 e. The van der Waals surface area contributed by atoms with Crippen LogP contribution in [0.3, 0.4) is 0 Å². The summed E-state index contributed by atoms with van der Waals surface area (Å²) < 4.78 is 0. The molecule has 0 aliphatic carbocycles. The highest BCUT2D eigenvalue weighted by Gasteiger charge is 2.27. The van der Waals surface area contributed by atoms with Gasteiger partial charge in [0.15, 0.2) is 0 Å². The zero-order chi connectivity index (χ0) is 21.2. The Morgan fingerprint density at radius 1 is 0.821 bits per heavy atom. The van der Waals surface area contributed by atoms with Gasteiger partial charge in [-0.2, -0.15) is 0 Å². The minimum absolute atomic E-state index is 0.00827. The largest absolute Gasteiger partial charge is 0.481 e. The van der Waals surface area contributed by atoms with E-state index in [0.717, 1.165) is 37.8 Å². The molecule has 0 aliphatic heterocycles. The summed E-state index contributed by atoms with van der Waals surface area (Å²) in [5.74, 6) is -0.580. The van der Waals surface area contributed by atoms with E-state index in [1.165, 1.54) is 0 Å². The number of benzene rings is 1. The van der Waals surface area contributed by atoms with Gasteiger partial charge in [0.25, 0.3) is 0 Å². The molecule has 0 saturated heterocycles. The third-order valence-electron chi connectivity index (χ3n) is 5.24. The molecular formula is C23H35NO4. The lowest BCUT2D eigenvalue weighted by Gasteiger charge is -2.23. The van der Waals surface area contributed by atoms with Gasteiger partial charge in [0.05, 0.1) is 5.41 Å². The molecule has 0 spiro atoms. The molecule has 1 rings (SSSR count). The molecule has 5 nitrogen and oxygen atoms in total. The quantitative estimate of drug-likeness (QED) is 0.439. The van der Waals surface area contributed by atoms with Gasteiger partial charge in [0.2, 0.25) is 5.91 Å². The number of para-hydroxylation sites is 1. The zero-order valence-electron chi connectivity index (χ0n) is 17.7. The van der Waals surface area contributed by atoms with Crippen molar-refractivity contribution in [1.82, 2.24) is 0 Å². The summed E-state index contributed by atoms with van der Waals surface area (Å²) in [4.78, 5) is 35.5. The van der Waals surface area contributed by atoms with E-state index in [0.29, 0.717) is 19.3 Å². The molecule has 0 aliphatic rings. The fourth-order valence-corrected chi connectivity index (χ4v) is 2.95. The van der Waals surface area contributed by atoms with Crippen molar-refractivity contribution in [1.29, 1.82) is 0 Å². The Morgan fingerprint density at radius 2 is 1.32 bits per heavy atom. The van der Waals surface area contributed by atoms with E-state index >= 15 is 0 Å². The molecule has 0 aromatic heterocycles. The first-order valence-electron chi connectivity index (χ1n) is 10.2. The molecular weight excluding hydrogens is 354 g/mol. The number of carboxylic acid groups (broad SMARTS) is 1. The van der Waals surface area contributed by atoms with Crippen molar-refractivity contribution in [2.45, 2.75) is 79.1 Å². The number of nitrogens with one attached hydrogen (secondary N) is 1. The van der Waals surface area contributed by atoms with Crippen LogP contribution in [0.1, 0.15) is 79.1 Å². The average molecular weight is 390 g/mol. The molecule has 5 heteroatoms. The molecule has 0 radical (unpaired) electrons. The predicted octanol–water partition coefficient (Wildman–Crippen LogP) is 5.45. The maximum absolute atomic E-state index is 12.4. The summed E-state index contributed by atoms with van der Waals surface area (Å²) in [5, 5.41) is 12.0. The van der Waals surface area contributed by atoms with E-state index < -0.39 is 16.8 Å². The maximum Gasteiger partial charge on any atom is 0.309 e. The first-order valence-corrected chi connectivity index (χ1v) is 10.2. The second kappa shape index (κ2) is 11.0. The Hall–Kier alpha value is -2.17. The summed E-state index contributed by atoms with van der Waals surface area (Å²) in [6.07, 6.45) is 5.44. The van der Waals surface area contributed by atoms with Gasteiger partial charge in [-0.25, -0.2) is 0 Å². The first-order chi connectivity index (χ1) is 13.0. The van der Waals surface area contributed by atoms with Crippen LogP contribution in [-0.4, -0.2) is 22.8 Å². The number of carboxylic acids is 1. The second-order valence-corrected chi connectivity index (χ2v) is 8.85. The highest BCUT2D eigenvalue weighted by molar-refractivity contribution is 5.94. The Morgan fingerprint density at radius 3 is 1.82 bits per heavy atom. The molecule has 28 heavy (non-hydrogen) atoms. The molecule has 156 valence electrons. The van der Waals surface area contributed by atoms with Gasteiger partial charge in [0.1, 0.15) is 5.78 Å². The third kappa shape index (κ3) is 8.68. The average Bonchev–Trinajstić information content (AvgIpc) is 2.63. The summed E-state index contributed by atoms with van der Waals surface area (Å²) in [6.45, 7) is 7.29. The van der Waals surface area contributed by atoms with E-state index in [1.54, 1.807) is 13.8 Å². The highest BCUT2D eigenvalue weighted by Crippen LogP contribution is 2.26. The molecule has 0 bridgehead atoms. The number of anilines is 1. The van der Waals surface area contributed by atoms with Crippen molar-refractivity contribution >= 4 is 23.3 Å². The van der Waals surface area contributed by atoms with Crippen molar-refractivity contribution in [2.75, 3.05) is 5.32 Å². The van der Waals surface area contributed by atoms with Crippen LogP contribution in [0.4, 0.5) is 5.69 Å². The van der Waals surface area contributed by atoms with Gasteiger partial charge in [-0.1, -0.05) is 44.9 Å². The van der Waals surface area contributed by atoms with Gasteiger partial charge in [-0.15, -0.1) is 0 Å². The van der Waals surface area contributed by atoms with Crippen LogP contribution < -0.4 is 5.32 Å². The summed E-state index contributed by atoms with van der Waals surface area (Å²) in [6, 6.07) is 9.41. The monoisotopic (exact) mass is 389 g/mol. The number of rotatable bonds is 13. The second-order valence-electron chi connectivity index (χ2n) is 8.85. The number of hydrogen-bond acceptors (Lipinski definition) is 3. The number of carbonyl (C=O) groups excluding carboxylic acids is 2. The fourth-order valence-electron chi connectivity index (χ4n) is 2.95. The lowest BCUT2D eigenvalue weighted by atomic mass is 9.85. The first kappa shape index (κ1) is 23.9. The minimum atomic E-state index is -0.794. The molecule has 1 aromatic carbocycles. The topological polar surface area (TPSA) is 83.5 Å². The van der Waals surface area contributed by atoms with Crippen molar-refractivity contribution in [2.24, 2.45) is 10.8 Å². The van der Waals surface area contributed by atoms with Gasteiger partial charge in [-0.3, -0.25) is 14.4 Å². The summed E-state index contributed by atoms with van der Waals surface area (Å²) in [5.41, 5.74) is -0.419. The standard InChI is InChI=1S/C23H35NO4/c1-22(2,20(26)24-18-12-6-5-7-13-18)16-10-8-14-19(25)15-9-11-17-23(3,4)21(27)28/h5-7,12-13H,8-11,14-17H2,1-4H3,(H,24,26)(H,27,28). The zero-order valence-corrected chi connectivity index (χ0v) is 17.7. The van der Waals surface area contributed by atoms with Crippen molar-refractivity contribution in [3.8, 4) is 0 Å². The van der Waals surface area contributed by atoms with Crippen LogP contribution in [0.25, 0.3) is 0 Å². The predicted molar refractivity (Wildman–Crippen MR) is 112 cm³/mol. The molecule has 0 atom stereocenters. The number of unbranched alkanes of at least 4 members (excludes halogenated alkanes) is 2. The van der Waals surface area contributed by atoms with E-state index in [-0.39, 0.29) is 11.7 Å². The maximum atomic E-state index is 12.4. The van der Waals surface area contributed by atoms with E-state index in [9.17, 15) is 14.4 Å². The van der Waals surface area contributed by atoms with E-state index in [2.05, 4.69) is 5.32 Å². The molecule has 0 saturated carbocycles. The number of ketones is 1. The number of carbonyl (C=O) groups is 3. The molecule has 1 aromatic rings. The summed E-state index contributed by atoms with van der Waals surface area (Å²) >= 11 is 0. The van der Waals surface area contributed by atoms with Crippen molar-refractivity contribution in [3.05, 3.63) is 30.3 Å². The van der Waals surface area contributed by atoms with Crippen LogP contribution >= 0.6 is 0 Å². The molecule has 0 unspecified atom stereocenters. The SMILES string of the molecule is CC(C)(CCCCC(=O)CCCCC(C)(C)C(=O)Nc1ccccc1)C(=O)O. The number of aliphatic carboxylic acids is 1. The van der Waals surface area contributed by atoms with Gasteiger partial charge in [0, 0.05) is 23.9 Å². The number of amides is 1. The Kier molecular flexibility index (Phi) is 9.36. The van der Waals surface area contributed by atoms with Crippen LogP contribution in [-0.2, 0) is 14.4 Å². The van der Waals surface area contributed by atoms with Gasteiger partial charge >= 0.3 is 5.97 Å². The van der Waals surface area contributed by atoms with Crippen LogP contribution in [0.2, 0.25) is 0 Å². The van der Waals surface area contributed by atoms with E-state index in [4.69, 9.17) is 5.11 Å². The molecule has 0 fully saturated rings. The third-order valence-corrected chi connectivity index (χ3v) is 5.24. The van der Waals surface area contributed by atoms with Crippen LogP contribution in [0, 0.1) is 10.8 Å². The van der Waals surface area contributed by atoms with E-state index in [1.807, 2.05) is 44.2 Å². The van der Waals surface area contributed by atoms with Gasteiger partial charge < -0.3 is 10.4 Å². The lowest BCUT2D eigenvalue weighted by molar-refractivity contribution is -0.147. The minimum Gasteiger partial charge on any atom is -0.481 e. The summed E-state index contributed by atoms with van der Waals surface area (Å²) in [7, 11) is 0. The normalized spacial score (nSPS) is 11.9. The molecule has 0 heterocycles. The van der Waals surface area contributed by atoms with Crippen LogP contribution in [0.5, 0.6) is 0 Å². The Labute approximate surface area is 168 Å². The highest BCUT2D eigenvalue weighted by atomic mass is 16.4. The van der Waals surface area contributed by atoms with Crippen LogP contribution in [0.15, 0.2) is 30.3 Å². The number of hydrogen-bond donors (Lipinski definition) is 2. The Balaban J connectivity index is 2.21. The van der Waals surface area contributed by atoms with Crippen molar-refractivity contribution in [3.63, 3.8) is 0 Å². The van der Waals surface area contributed by atoms with Gasteiger partial charge in [-0.05, 0) is 51.7 Å². The number of Topliss-reactive ketones (excluding diaryl/α,β-unsaturated/α-hetero) is 1. The molecule has 2 N–H and O–H groups in total. The molecule has 1 amide bonds. The van der Waals surface area contributed by atoms with Crippen molar-refractivity contribution < 1.29 is 19.5 Å². The fraction of sp³-hybridized carbons (Fsp3) is 0.609. The lowest BCUT2D eigenvalue weighted by Crippen LogP contribution is -2.30. The Bertz CT molecular complexity index is 650.